The molecular formula is C24H29FN4O4S2. The first-order chi connectivity index (χ1) is 16.8. The van der Waals surface area contributed by atoms with E-state index in [2.05, 4.69) is 24.0 Å². The normalized spacial score (nSPS) is 15.0. The van der Waals surface area contributed by atoms with Crippen LogP contribution in [0, 0.1) is 11.7 Å². The minimum Gasteiger partial charge on any atom is -0.494 e. The van der Waals surface area contributed by atoms with E-state index in [1.165, 1.54) is 29.2 Å². The van der Waals surface area contributed by atoms with Crippen LogP contribution in [0.1, 0.15) is 19.4 Å². The molecule has 1 fully saturated rings. The van der Waals surface area contributed by atoms with Gasteiger partial charge in [-0.2, -0.15) is 4.31 Å². The maximum Gasteiger partial charge on any atom is 0.243 e. The first-order valence-electron chi connectivity index (χ1n) is 11.4. The van der Waals surface area contributed by atoms with E-state index in [1.807, 2.05) is 16.7 Å². The molecular weight excluding hydrogens is 491 g/mol. The number of hydrogen-bond donors (Lipinski definition) is 0. The van der Waals surface area contributed by atoms with E-state index in [-0.39, 0.29) is 10.6 Å². The van der Waals surface area contributed by atoms with Crippen LogP contribution in [0.2, 0.25) is 0 Å². The van der Waals surface area contributed by atoms with Gasteiger partial charge in [-0.3, -0.25) is 0 Å². The molecule has 0 radical (unpaired) electrons. The molecule has 0 spiro atoms. The molecule has 1 aliphatic rings. The van der Waals surface area contributed by atoms with Gasteiger partial charge < -0.3 is 14.0 Å². The van der Waals surface area contributed by atoms with Crippen molar-refractivity contribution in [2.75, 3.05) is 33.4 Å². The lowest BCUT2D eigenvalue weighted by atomic mass is 10.2. The predicted molar refractivity (Wildman–Crippen MR) is 132 cm³/mol. The number of rotatable bonds is 9. The summed E-state index contributed by atoms with van der Waals surface area (Å²) in [4.78, 5) is 0.221. The number of morpholine rings is 1. The van der Waals surface area contributed by atoms with Crippen molar-refractivity contribution in [3.8, 4) is 17.1 Å². The molecule has 0 unspecified atom stereocenters. The van der Waals surface area contributed by atoms with Crippen LogP contribution in [-0.2, 0) is 27.1 Å². The summed E-state index contributed by atoms with van der Waals surface area (Å²) in [6.07, 6.45) is 0. The van der Waals surface area contributed by atoms with Crippen molar-refractivity contribution in [2.45, 2.75) is 36.2 Å². The summed E-state index contributed by atoms with van der Waals surface area (Å²) in [6.45, 7) is 6.29. The third-order valence-corrected chi connectivity index (χ3v) is 8.48. The minimum atomic E-state index is -3.63. The third kappa shape index (κ3) is 5.85. The van der Waals surface area contributed by atoms with Gasteiger partial charge in [-0.25, -0.2) is 12.8 Å². The molecule has 4 rings (SSSR count). The lowest BCUT2D eigenvalue weighted by Crippen LogP contribution is -2.40. The first-order valence-corrected chi connectivity index (χ1v) is 13.8. The van der Waals surface area contributed by atoms with Crippen LogP contribution < -0.4 is 4.74 Å². The van der Waals surface area contributed by atoms with Gasteiger partial charge in [0, 0.05) is 31.0 Å². The molecule has 1 aliphatic heterocycles. The van der Waals surface area contributed by atoms with Gasteiger partial charge in [-0.05, 0) is 35.7 Å². The standard InChI is InChI=1S/C24H29FN4O4S2/c1-17(2)15-29-23(26-27-24(29)34-16-18-7-8-22(32-3)21(25)13-18)19-5-4-6-20(14-19)35(30,31)28-9-11-33-12-10-28/h4-8,13-14,17H,9-12,15-16H2,1-3H3. The summed E-state index contributed by atoms with van der Waals surface area (Å²) in [7, 11) is -2.20. The molecule has 0 saturated carbocycles. The highest BCUT2D eigenvalue weighted by Crippen LogP contribution is 2.30. The van der Waals surface area contributed by atoms with Crippen molar-refractivity contribution in [3.05, 3.63) is 53.8 Å². The van der Waals surface area contributed by atoms with E-state index < -0.39 is 15.8 Å². The van der Waals surface area contributed by atoms with Gasteiger partial charge in [0.25, 0.3) is 0 Å². The Bertz CT molecular complexity index is 1270. The second-order valence-corrected chi connectivity index (χ2v) is 11.5. The summed E-state index contributed by atoms with van der Waals surface area (Å²) >= 11 is 1.45. The molecule has 0 N–H and O–H groups in total. The number of halogens is 1. The highest BCUT2D eigenvalue weighted by molar-refractivity contribution is 7.98. The van der Waals surface area contributed by atoms with Crippen molar-refractivity contribution >= 4 is 21.8 Å². The molecule has 0 aliphatic carbocycles. The van der Waals surface area contributed by atoms with Gasteiger partial charge in [0.15, 0.2) is 22.5 Å². The highest BCUT2D eigenvalue weighted by Gasteiger charge is 2.27. The molecule has 2 aromatic carbocycles. The Kier molecular flexibility index (Phi) is 8.10. The van der Waals surface area contributed by atoms with Gasteiger partial charge in [-0.1, -0.05) is 43.8 Å². The Morgan fingerprint density at radius 3 is 2.60 bits per heavy atom. The van der Waals surface area contributed by atoms with Gasteiger partial charge >= 0.3 is 0 Å². The van der Waals surface area contributed by atoms with Gasteiger partial charge in [0.05, 0.1) is 25.2 Å². The molecule has 1 aromatic heterocycles. The molecule has 0 bridgehead atoms. The summed E-state index contributed by atoms with van der Waals surface area (Å²) in [5, 5.41) is 9.47. The molecule has 1 saturated heterocycles. The molecule has 2 heterocycles. The Morgan fingerprint density at radius 2 is 1.91 bits per heavy atom. The quantitative estimate of drug-likeness (QED) is 0.393. The molecule has 188 valence electrons. The molecule has 3 aromatic rings. The van der Waals surface area contributed by atoms with E-state index in [4.69, 9.17) is 9.47 Å². The fraction of sp³-hybridized carbons (Fsp3) is 0.417. The lowest BCUT2D eigenvalue weighted by Gasteiger charge is -2.26. The van der Waals surface area contributed by atoms with Gasteiger partial charge in [0.1, 0.15) is 0 Å². The molecule has 8 nitrogen and oxygen atoms in total. The maximum atomic E-state index is 14.1. The number of thioether (sulfide) groups is 1. The molecule has 0 amide bonds. The van der Waals surface area contributed by atoms with Crippen molar-refractivity contribution in [1.82, 2.24) is 19.1 Å². The molecule has 11 heteroatoms. The van der Waals surface area contributed by atoms with Crippen molar-refractivity contribution in [3.63, 3.8) is 0 Å². The minimum absolute atomic E-state index is 0.205. The number of benzene rings is 2. The largest absolute Gasteiger partial charge is 0.494 e. The van der Waals surface area contributed by atoms with E-state index >= 15 is 0 Å². The van der Waals surface area contributed by atoms with Crippen LogP contribution in [0.5, 0.6) is 5.75 Å². The van der Waals surface area contributed by atoms with Crippen molar-refractivity contribution in [2.24, 2.45) is 5.92 Å². The summed E-state index contributed by atoms with van der Waals surface area (Å²) in [6, 6.07) is 11.7. The molecule has 0 atom stereocenters. The van der Waals surface area contributed by atoms with E-state index in [9.17, 15) is 12.8 Å². The van der Waals surface area contributed by atoms with Crippen molar-refractivity contribution in [1.29, 1.82) is 0 Å². The SMILES string of the molecule is COc1ccc(CSc2nnc(-c3cccc(S(=O)(=O)N4CCOCC4)c3)n2CC(C)C)cc1F. The zero-order valence-corrected chi connectivity index (χ0v) is 21.6. The fourth-order valence-electron chi connectivity index (χ4n) is 3.82. The Morgan fingerprint density at radius 1 is 1.14 bits per heavy atom. The van der Waals surface area contributed by atoms with Crippen LogP contribution in [0.25, 0.3) is 11.4 Å². The number of hydrogen-bond acceptors (Lipinski definition) is 7. The second kappa shape index (κ2) is 11.1. The van der Waals surface area contributed by atoms with Crippen LogP contribution in [-0.4, -0.2) is 60.9 Å². The van der Waals surface area contributed by atoms with Crippen molar-refractivity contribution < 1.29 is 22.3 Å². The summed E-state index contributed by atoms with van der Waals surface area (Å²) in [5.41, 5.74) is 1.47. The van der Waals surface area contributed by atoms with E-state index in [0.29, 0.717) is 61.1 Å². The third-order valence-electron chi connectivity index (χ3n) is 5.55. The topological polar surface area (TPSA) is 86.6 Å². The number of methoxy groups -OCH3 is 1. The number of aromatic nitrogens is 3. The zero-order valence-electron chi connectivity index (χ0n) is 20.0. The zero-order chi connectivity index (χ0) is 25.0. The van der Waals surface area contributed by atoms with Crippen LogP contribution in [0.4, 0.5) is 4.39 Å². The monoisotopic (exact) mass is 520 g/mol. The maximum absolute atomic E-state index is 14.1. The van der Waals surface area contributed by atoms with Gasteiger partial charge in [-0.15, -0.1) is 10.2 Å². The van der Waals surface area contributed by atoms with Crippen LogP contribution >= 0.6 is 11.8 Å². The number of ether oxygens (including phenoxy) is 2. The lowest BCUT2D eigenvalue weighted by molar-refractivity contribution is 0.0730. The fourth-order valence-corrected chi connectivity index (χ4v) is 6.16. The first kappa shape index (κ1) is 25.6. The van der Waals surface area contributed by atoms with E-state index in [0.717, 1.165) is 5.56 Å². The summed E-state index contributed by atoms with van der Waals surface area (Å²) < 4.78 is 54.1. The highest BCUT2D eigenvalue weighted by atomic mass is 32.2. The number of sulfonamides is 1. The van der Waals surface area contributed by atoms with Crippen LogP contribution in [0.15, 0.2) is 52.5 Å². The van der Waals surface area contributed by atoms with E-state index in [1.54, 1.807) is 24.3 Å². The predicted octanol–water partition coefficient (Wildman–Crippen LogP) is 4.06. The Hall–Kier alpha value is -2.47. The average molecular weight is 521 g/mol. The molecule has 35 heavy (non-hydrogen) atoms. The second-order valence-electron chi connectivity index (χ2n) is 8.61. The smallest absolute Gasteiger partial charge is 0.243 e. The Labute approximate surface area is 209 Å². The van der Waals surface area contributed by atoms with Crippen LogP contribution in [0.3, 0.4) is 0 Å². The van der Waals surface area contributed by atoms with Gasteiger partial charge in [0.2, 0.25) is 10.0 Å². The summed E-state index contributed by atoms with van der Waals surface area (Å²) in [5.74, 6) is 1.20. The number of nitrogens with zero attached hydrogens (tertiary/aromatic N) is 4. The Balaban J connectivity index is 1.61. The average Bonchev–Trinajstić information content (AvgIpc) is 3.25.